The first-order valence-corrected chi connectivity index (χ1v) is 6.57. The minimum Gasteiger partial charge on any atom is -0.355 e. The van der Waals surface area contributed by atoms with Crippen molar-refractivity contribution in [1.82, 2.24) is 9.88 Å². The van der Waals surface area contributed by atoms with Crippen LogP contribution in [0.4, 0.5) is 0 Å². The van der Waals surface area contributed by atoms with Crippen LogP contribution in [0.2, 0.25) is 0 Å². The molecular formula is C17H16N2O. The average Bonchev–Trinajstić information content (AvgIpc) is 2.84. The zero-order valence-corrected chi connectivity index (χ0v) is 11.6. The van der Waals surface area contributed by atoms with E-state index in [-0.39, 0.29) is 5.91 Å². The molecule has 0 atom stereocenters. The molecule has 3 heteroatoms. The molecule has 1 aromatic heterocycles. The predicted octanol–water partition coefficient (Wildman–Crippen LogP) is 3.20. The Hall–Kier alpha value is -2.55. The van der Waals surface area contributed by atoms with Gasteiger partial charge in [0.15, 0.2) is 0 Å². The van der Waals surface area contributed by atoms with Crippen molar-refractivity contribution < 1.29 is 4.79 Å². The first kappa shape index (κ1) is 12.5. The minimum atomic E-state index is -0.0548. The highest BCUT2D eigenvalue weighted by Gasteiger charge is 2.13. The Labute approximate surface area is 117 Å². The van der Waals surface area contributed by atoms with Gasteiger partial charge in [0.25, 0.3) is 5.91 Å². The number of carbonyl (C=O) groups is 1. The smallest absolute Gasteiger partial charge is 0.253 e. The van der Waals surface area contributed by atoms with Gasteiger partial charge in [-0.1, -0.05) is 36.4 Å². The number of amides is 1. The summed E-state index contributed by atoms with van der Waals surface area (Å²) in [6, 6.07) is 16.4. The maximum Gasteiger partial charge on any atom is 0.253 e. The Morgan fingerprint density at radius 1 is 1.05 bits per heavy atom. The summed E-state index contributed by atoms with van der Waals surface area (Å²) in [6.45, 7) is 0. The number of hydrogen-bond acceptors (Lipinski definition) is 1. The lowest BCUT2D eigenvalue weighted by atomic mass is 10.0. The van der Waals surface area contributed by atoms with Gasteiger partial charge in [0.2, 0.25) is 0 Å². The largest absolute Gasteiger partial charge is 0.355 e. The van der Waals surface area contributed by atoms with Gasteiger partial charge in [-0.05, 0) is 23.3 Å². The number of nitrogens with one attached hydrogen (secondary N) is 1. The Balaban J connectivity index is 2.22. The zero-order chi connectivity index (χ0) is 14.1. The molecule has 0 bridgehead atoms. The van der Waals surface area contributed by atoms with E-state index in [1.165, 1.54) is 0 Å². The van der Waals surface area contributed by atoms with E-state index in [1.807, 2.05) is 36.0 Å². The zero-order valence-electron chi connectivity index (χ0n) is 11.6. The van der Waals surface area contributed by atoms with Crippen LogP contribution in [-0.4, -0.2) is 17.5 Å². The van der Waals surface area contributed by atoms with E-state index in [1.54, 1.807) is 7.05 Å². The van der Waals surface area contributed by atoms with Gasteiger partial charge in [-0.15, -0.1) is 0 Å². The molecule has 0 saturated heterocycles. The Morgan fingerprint density at radius 2 is 1.80 bits per heavy atom. The molecule has 0 spiro atoms. The van der Waals surface area contributed by atoms with Crippen molar-refractivity contribution in [3.05, 3.63) is 60.3 Å². The predicted molar refractivity (Wildman–Crippen MR) is 81.7 cm³/mol. The maximum absolute atomic E-state index is 12.0. The molecule has 1 heterocycles. The average molecular weight is 264 g/mol. The summed E-state index contributed by atoms with van der Waals surface area (Å²) in [6.07, 6.45) is 1.87. The van der Waals surface area contributed by atoms with Gasteiger partial charge in [-0.25, -0.2) is 0 Å². The summed E-state index contributed by atoms with van der Waals surface area (Å²) >= 11 is 0. The van der Waals surface area contributed by atoms with Crippen LogP contribution in [-0.2, 0) is 7.05 Å². The number of benzene rings is 2. The Morgan fingerprint density at radius 3 is 2.50 bits per heavy atom. The van der Waals surface area contributed by atoms with E-state index in [2.05, 4.69) is 35.6 Å². The topological polar surface area (TPSA) is 34.0 Å². The number of nitrogens with zero attached hydrogens (tertiary/aromatic N) is 1. The number of aryl methyl sites for hydroxylation is 1. The highest BCUT2D eigenvalue weighted by molar-refractivity contribution is 6.07. The van der Waals surface area contributed by atoms with Crippen LogP contribution in [0.1, 0.15) is 10.4 Å². The lowest BCUT2D eigenvalue weighted by molar-refractivity contribution is 0.0964. The van der Waals surface area contributed by atoms with Gasteiger partial charge in [-0.2, -0.15) is 0 Å². The van der Waals surface area contributed by atoms with Gasteiger partial charge in [0.1, 0.15) is 0 Å². The van der Waals surface area contributed by atoms with Crippen molar-refractivity contribution >= 4 is 16.8 Å². The molecule has 0 aliphatic heterocycles. The highest BCUT2D eigenvalue weighted by Crippen LogP contribution is 2.27. The van der Waals surface area contributed by atoms with E-state index in [0.717, 1.165) is 22.0 Å². The molecule has 100 valence electrons. The normalized spacial score (nSPS) is 10.7. The summed E-state index contributed by atoms with van der Waals surface area (Å²) in [5.41, 5.74) is 4.04. The molecule has 3 rings (SSSR count). The third-order valence-corrected chi connectivity index (χ3v) is 3.57. The van der Waals surface area contributed by atoms with Crippen molar-refractivity contribution in [3.8, 4) is 11.1 Å². The molecule has 0 aliphatic rings. The summed E-state index contributed by atoms with van der Waals surface area (Å²) in [7, 11) is 3.61. The van der Waals surface area contributed by atoms with Crippen LogP contribution in [0, 0.1) is 0 Å². The molecule has 0 unspecified atom stereocenters. The number of hydrogen-bond donors (Lipinski definition) is 1. The SMILES string of the molecule is CNC(=O)c1cn(C)c2ccc(-c3ccccc3)cc12. The van der Waals surface area contributed by atoms with Gasteiger partial charge in [-0.3, -0.25) is 4.79 Å². The van der Waals surface area contributed by atoms with Crippen LogP contribution >= 0.6 is 0 Å². The van der Waals surface area contributed by atoms with Crippen LogP contribution in [0.25, 0.3) is 22.0 Å². The molecule has 3 aromatic rings. The molecular weight excluding hydrogens is 248 g/mol. The van der Waals surface area contributed by atoms with Crippen molar-refractivity contribution in [3.63, 3.8) is 0 Å². The lowest BCUT2D eigenvalue weighted by Gasteiger charge is -2.03. The van der Waals surface area contributed by atoms with Crippen molar-refractivity contribution in [2.24, 2.45) is 7.05 Å². The van der Waals surface area contributed by atoms with Gasteiger partial charge in [0.05, 0.1) is 5.56 Å². The molecule has 20 heavy (non-hydrogen) atoms. The molecule has 0 fully saturated rings. The second kappa shape index (κ2) is 4.85. The monoisotopic (exact) mass is 264 g/mol. The second-order valence-electron chi connectivity index (χ2n) is 4.83. The fourth-order valence-corrected chi connectivity index (χ4v) is 2.52. The fraction of sp³-hybridized carbons (Fsp3) is 0.118. The van der Waals surface area contributed by atoms with Gasteiger partial charge < -0.3 is 9.88 Å². The van der Waals surface area contributed by atoms with Crippen molar-refractivity contribution in [2.45, 2.75) is 0 Å². The third kappa shape index (κ3) is 1.97. The molecule has 3 nitrogen and oxygen atoms in total. The van der Waals surface area contributed by atoms with Crippen LogP contribution in [0.3, 0.4) is 0 Å². The summed E-state index contributed by atoms with van der Waals surface area (Å²) in [4.78, 5) is 12.0. The lowest BCUT2D eigenvalue weighted by Crippen LogP contribution is -2.17. The van der Waals surface area contributed by atoms with E-state index >= 15 is 0 Å². The standard InChI is InChI=1S/C17H16N2O/c1-18-17(20)15-11-19(2)16-9-8-13(10-14(15)16)12-6-4-3-5-7-12/h3-11H,1-2H3,(H,18,20). The first-order valence-electron chi connectivity index (χ1n) is 6.57. The van der Waals surface area contributed by atoms with Crippen LogP contribution in [0.15, 0.2) is 54.7 Å². The van der Waals surface area contributed by atoms with E-state index in [9.17, 15) is 4.79 Å². The second-order valence-corrected chi connectivity index (χ2v) is 4.83. The Bertz CT molecular complexity index is 772. The maximum atomic E-state index is 12.0. The molecule has 0 aliphatic carbocycles. The number of carbonyl (C=O) groups excluding carboxylic acids is 1. The number of rotatable bonds is 2. The van der Waals surface area contributed by atoms with Gasteiger partial charge >= 0.3 is 0 Å². The Kier molecular flexibility index (Phi) is 3.03. The van der Waals surface area contributed by atoms with Crippen LogP contribution < -0.4 is 5.32 Å². The summed E-state index contributed by atoms with van der Waals surface area (Å²) in [5.74, 6) is -0.0548. The molecule has 1 N–H and O–H groups in total. The highest BCUT2D eigenvalue weighted by atomic mass is 16.1. The van der Waals surface area contributed by atoms with Gasteiger partial charge in [0, 0.05) is 31.2 Å². The van der Waals surface area contributed by atoms with Crippen molar-refractivity contribution in [2.75, 3.05) is 7.05 Å². The number of fused-ring (bicyclic) bond motifs is 1. The fourth-order valence-electron chi connectivity index (χ4n) is 2.52. The van der Waals surface area contributed by atoms with Crippen molar-refractivity contribution in [1.29, 1.82) is 0 Å². The molecule has 0 saturated carbocycles. The quantitative estimate of drug-likeness (QED) is 0.757. The molecule has 2 aromatic carbocycles. The summed E-state index contributed by atoms with van der Waals surface area (Å²) in [5, 5.41) is 3.67. The van der Waals surface area contributed by atoms with E-state index < -0.39 is 0 Å². The minimum absolute atomic E-state index is 0.0548. The van der Waals surface area contributed by atoms with Crippen LogP contribution in [0.5, 0.6) is 0 Å². The number of aromatic nitrogens is 1. The first-order chi connectivity index (χ1) is 9.70. The third-order valence-electron chi connectivity index (χ3n) is 3.57. The van der Waals surface area contributed by atoms with E-state index in [0.29, 0.717) is 5.56 Å². The molecule has 0 radical (unpaired) electrons. The van der Waals surface area contributed by atoms with E-state index in [4.69, 9.17) is 0 Å². The molecule has 1 amide bonds. The summed E-state index contributed by atoms with van der Waals surface area (Å²) < 4.78 is 1.98.